The first-order chi connectivity index (χ1) is 9.88. The number of sulfonamides is 1. The lowest BCUT2D eigenvalue weighted by molar-refractivity contribution is 0.0606. The quantitative estimate of drug-likeness (QED) is 0.651. The van der Waals surface area contributed by atoms with Crippen LogP contribution < -0.4 is 0 Å². The predicted octanol–water partition coefficient (Wildman–Crippen LogP) is 0.927. The summed E-state index contributed by atoms with van der Waals surface area (Å²) in [5.41, 5.74) is 0. The first-order valence-electron chi connectivity index (χ1n) is 5.86. The van der Waals surface area contributed by atoms with Gasteiger partial charge in [0.1, 0.15) is 9.77 Å². The molecule has 10 heteroatoms. The smallest absolute Gasteiger partial charge is 0.348 e. The van der Waals surface area contributed by atoms with E-state index < -0.39 is 16.0 Å². The second kappa shape index (κ2) is 8.20. The molecule has 0 atom stereocenters. The van der Waals surface area contributed by atoms with Gasteiger partial charge in [-0.2, -0.15) is 4.31 Å². The minimum atomic E-state index is -3.84. The number of halogens is 1. The largest absolute Gasteiger partial charge is 0.465 e. The zero-order valence-electron chi connectivity index (χ0n) is 11.5. The molecule has 0 aliphatic rings. The zero-order valence-corrected chi connectivity index (χ0v) is 14.8. The standard InChI is InChI=1S/C11H16BrNO6S2/c1-18-6-4-13(3-5-14)21(16,17)9-7-8(11(15)19-2)20-10(9)12/h7,14H,3-6H2,1-2H3. The van der Waals surface area contributed by atoms with E-state index in [1.165, 1.54) is 20.3 Å². The van der Waals surface area contributed by atoms with E-state index >= 15 is 0 Å². The lowest BCUT2D eigenvalue weighted by atomic mass is 10.5. The number of carbonyl (C=O) groups excluding carboxylic acids is 1. The van der Waals surface area contributed by atoms with Gasteiger partial charge < -0.3 is 14.6 Å². The molecule has 0 bridgehead atoms. The van der Waals surface area contributed by atoms with Crippen LogP contribution in [0.1, 0.15) is 9.67 Å². The van der Waals surface area contributed by atoms with Gasteiger partial charge in [0.05, 0.1) is 24.1 Å². The fourth-order valence-electron chi connectivity index (χ4n) is 1.53. The lowest BCUT2D eigenvalue weighted by Gasteiger charge is -2.20. The maximum atomic E-state index is 12.6. The van der Waals surface area contributed by atoms with Crippen molar-refractivity contribution in [2.45, 2.75) is 4.90 Å². The molecule has 0 saturated carbocycles. The Labute approximate surface area is 135 Å². The molecule has 0 unspecified atom stereocenters. The number of ether oxygens (including phenoxy) is 2. The summed E-state index contributed by atoms with van der Waals surface area (Å²) in [5, 5.41) is 9.02. The monoisotopic (exact) mass is 401 g/mol. The second-order valence-electron chi connectivity index (χ2n) is 3.86. The van der Waals surface area contributed by atoms with Crippen LogP contribution in [0.4, 0.5) is 0 Å². The molecule has 0 spiro atoms. The zero-order chi connectivity index (χ0) is 16.0. The van der Waals surface area contributed by atoms with E-state index in [4.69, 9.17) is 9.84 Å². The first-order valence-corrected chi connectivity index (χ1v) is 8.91. The SMILES string of the molecule is COCCN(CCO)S(=O)(=O)c1cc(C(=O)OC)sc1Br. The number of carbonyl (C=O) groups is 1. The fraction of sp³-hybridized carbons (Fsp3) is 0.545. The van der Waals surface area contributed by atoms with Gasteiger partial charge in [0, 0.05) is 20.2 Å². The molecule has 0 aliphatic heterocycles. The molecule has 21 heavy (non-hydrogen) atoms. The molecule has 0 fully saturated rings. The number of methoxy groups -OCH3 is 2. The Morgan fingerprint density at radius 2 is 2.10 bits per heavy atom. The summed E-state index contributed by atoms with van der Waals surface area (Å²) in [6.45, 7) is -0.0593. The number of nitrogens with zero attached hydrogens (tertiary/aromatic N) is 1. The van der Waals surface area contributed by atoms with E-state index in [1.807, 2.05) is 0 Å². The molecule has 0 aromatic carbocycles. The number of aliphatic hydroxyl groups is 1. The summed E-state index contributed by atoms with van der Waals surface area (Å²) in [6.07, 6.45) is 0. The van der Waals surface area contributed by atoms with E-state index in [1.54, 1.807) is 0 Å². The van der Waals surface area contributed by atoms with Gasteiger partial charge in [-0.05, 0) is 22.0 Å². The number of rotatable bonds is 8. The van der Waals surface area contributed by atoms with E-state index in [2.05, 4.69) is 20.7 Å². The minimum Gasteiger partial charge on any atom is -0.465 e. The molecule has 0 amide bonds. The fourth-order valence-corrected chi connectivity index (χ4v) is 5.37. The molecule has 1 heterocycles. The van der Waals surface area contributed by atoms with Crippen LogP contribution in [0.25, 0.3) is 0 Å². The van der Waals surface area contributed by atoms with Crippen LogP contribution in [0.2, 0.25) is 0 Å². The van der Waals surface area contributed by atoms with Crippen LogP contribution in [-0.2, 0) is 19.5 Å². The van der Waals surface area contributed by atoms with Gasteiger partial charge in [-0.25, -0.2) is 13.2 Å². The molecule has 1 aromatic rings. The van der Waals surface area contributed by atoms with Crippen molar-refractivity contribution in [3.8, 4) is 0 Å². The molecular formula is C11H16BrNO6S2. The average molecular weight is 402 g/mol. The van der Waals surface area contributed by atoms with E-state index in [9.17, 15) is 13.2 Å². The van der Waals surface area contributed by atoms with Crippen molar-refractivity contribution >= 4 is 43.3 Å². The Balaban J connectivity index is 3.15. The Bertz CT molecular complexity index is 586. The summed E-state index contributed by atoms with van der Waals surface area (Å²) in [5.74, 6) is -0.604. The summed E-state index contributed by atoms with van der Waals surface area (Å²) in [6, 6.07) is 1.26. The van der Waals surface area contributed by atoms with Crippen LogP contribution >= 0.6 is 27.3 Å². The summed E-state index contributed by atoms with van der Waals surface area (Å²) in [4.78, 5) is 11.6. The van der Waals surface area contributed by atoms with Crippen LogP contribution in [0.3, 0.4) is 0 Å². The molecule has 120 valence electrons. The number of thiophene rings is 1. The minimum absolute atomic E-state index is 0.0301. The van der Waals surface area contributed by atoms with Gasteiger partial charge >= 0.3 is 5.97 Å². The Hall–Kier alpha value is -0.520. The normalized spacial score (nSPS) is 11.9. The van der Waals surface area contributed by atoms with Crippen molar-refractivity contribution in [1.82, 2.24) is 4.31 Å². The van der Waals surface area contributed by atoms with Crippen molar-refractivity contribution in [2.24, 2.45) is 0 Å². The Morgan fingerprint density at radius 1 is 1.43 bits per heavy atom. The molecule has 1 N–H and O–H groups in total. The number of hydrogen-bond acceptors (Lipinski definition) is 7. The molecule has 1 rings (SSSR count). The highest BCUT2D eigenvalue weighted by molar-refractivity contribution is 9.11. The summed E-state index contributed by atoms with van der Waals surface area (Å²) < 4.78 is 36.0. The highest BCUT2D eigenvalue weighted by Crippen LogP contribution is 2.33. The molecule has 0 radical (unpaired) electrons. The van der Waals surface area contributed by atoms with Crippen molar-refractivity contribution in [3.05, 3.63) is 14.7 Å². The highest BCUT2D eigenvalue weighted by Gasteiger charge is 2.29. The van der Waals surface area contributed by atoms with Crippen molar-refractivity contribution < 1.29 is 27.8 Å². The highest BCUT2D eigenvalue weighted by atomic mass is 79.9. The van der Waals surface area contributed by atoms with Gasteiger partial charge in [0.2, 0.25) is 10.0 Å². The Morgan fingerprint density at radius 3 is 2.62 bits per heavy atom. The van der Waals surface area contributed by atoms with Gasteiger partial charge in [0.15, 0.2) is 0 Å². The number of aliphatic hydroxyl groups excluding tert-OH is 1. The lowest BCUT2D eigenvalue weighted by Crippen LogP contribution is -2.36. The third-order valence-corrected chi connectivity index (χ3v) is 6.68. The number of hydrogen-bond donors (Lipinski definition) is 1. The predicted molar refractivity (Wildman–Crippen MR) is 81.1 cm³/mol. The van der Waals surface area contributed by atoms with Crippen molar-refractivity contribution in [2.75, 3.05) is 40.5 Å². The van der Waals surface area contributed by atoms with Gasteiger partial charge in [-0.1, -0.05) is 0 Å². The maximum Gasteiger partial charge on any atom is 0.348 e. The van der Waals surface area contributed by atoms with Crippen molar-refractivity contribution in [1.29, 1.82) is 0 Å². The maximum absolute atomic E-state index is 12.6. The molecule has 1 aromatic heterocycles. The first kappa shape index (κ1) is 18.5. The third-order valence-electron chi connectivity index (χ3n) is 2.55. The van der Waals surface area contributed by atoms with Crippen molar-refractivity contribution in [3.63, 3.8) is 0 Å². The van der Waals surface area contributed by atoms with E-state index in [0.29, 0.717) is 3.79 Å². The van der Waals surface area contributed by atoms with Crippen LogP contribution in [0, 0.1) is 0 Å². The van der Waals surface area contributed by atoms with E-state index in [-0.39, 0.29) is 36.1 Å². The topological polar surface area (TPSA) is 93.1 Å². The van der Waals surface area contributed by atoms with E-state index in [0.717, 1.165) is 15.6 Å². The van der Waals surface area contributed by atoms with Gasteiger partial charge in [0.25, 0.3) is 0 Å². The van der Waals surface area contributed by atoms with Gasteiger partial charge in [-0.15, -0.1) is 11.3 Å². The summed E-state index contributed by atoms with van der Waals surface area (Å²) in [7, 11) is -1.16. The summed E-state index contributed by atoms with van der Waals surface area (Å²) >= 11 is 4.12. The molecular weight excluding hydrogens is 386 g/mol. The molecule has 7 nitrogen and oxygen atoms in total. The Kier molecular flexibility index (Phi) is 7.24. The third kappa shape index (κ3) is 4.47. The number of esters is 1. The average Bonchev–Trinajstić information content (AvgIpc) is 2.85. The van der Waals surface area contributed by atoms with Crippen LogP contribution in [-0.4, -0.2) is 64.3 Å². The molecule has 0 saturated heterocycles. The van der Waals surface area contributed by atoms with Crippen LogP contribution in [0.5, 0.6) is 0 Å². The van der Waals surface area contributed by atoms with Gasteiger partial charge in [-0.3, -0.25) is 0 Å². The second-order valence-corrected chi connectivity index (χ2v) is 8.14. The molecule has 0 aliphatic carbocycles. The van der Waals surface area contributed by atoms with Crippen LogP contribution in [0.15, 0.2) is 14.7 Å².